The molecule has 0 unspecified atom stereocenters. The van der Waals surface area contributed by atoms with Crippen LogP contribution in [0.15, 0.2) is 48.5 Å². The molecular formula is C17H16N2O3. The van der Waals surface area contributed by atoms with Crippen molar-refractivity contribution < 1.29 is 14.3 Å². The van der Waals surface area contributed by atoms with Crippen molar-refractivity contribution >= 4 is 23.2 Å². The lowest BCUT2D eigenvalue weighted by atomic mass is 10.00. The van der Waals surface area contributed by atoms with Crippen LogP contribution in [0.1, 0.15) is 16.8 Å². The van der Waals surface area contributed by atoms with E-state index >= 15 is 0 Å². The van der Waals surface area contributed by atoms with Crippen molar-refractivity contribution in [1.29, 1.82) is 0 Å². The van der Waals surface area contributed by atoms with Gasteiger partial charge in [-0.25, -0.2) is 4.79 Å². The van der Waals surface area contributed by atoms with Crippen LogP contribution in [0.5, 0.6) is 5.75 Å². The first-order valence-electron chi connectivity index (χ1n) is 7.04. The van der Waals surface area contributed by atoms with Crippen LogP contribution >= 0.6 is 0 Å². The number of methoxy groups -OCH3 is 1. The number of amides is 2. The zero-order chi connectivity index (χ0) is 15.5. The molecule has 0 fully saturated rings. The Morgan fingerprint density at radius 3 is 2.64 bits per heavy atom. The van der Waals surface area contributed by atoms with E-state index in [-0.39, 0.29) is 11.8 Å². The van der Waals surface area contributed by atoms with Crippen molar-refractivity contribution in [3.8, 4) is 5.75 Å². The minimum atomic E-state index is -0.274. The average molecular weight is 296 g/mol. The second-order valence-corrected chi connectivity index (χ2v) is 4.98. The SMILES string of the molecule is COc1cccc2c1N(C(=O)Nc1ccccc1)CCC2=O. The van der Waals surface area contributed by atoms with Gasteiger partial charge >= 0.3 is 6.03 Å². The fraction of sp³-hybridized carbons (Fsp3) is 0.176. The molecule has 5 heteroatoms. The van der Waals surface area contributed by atoms with E-state index in [9.17, 15) is 9.59 Å². The number of anilines is 2. The summed E-state index contributed by atoms with van der Waals surface area (Å²) in [5.74, 6) is 0.548. The topological polar surface area (TPSA) is 58.6 Å². The van der Waals surface area contributed by atoms with Gasteiger partial charge < -0.3 is 10.1 Å². The van der Waals surface area contributed by atoms with Gasteiger partial charge in [0.05, 0.1) is 12.8 Å². The van der Waals surface area contributed by atoms with Gasteiger partial charge in [-0.15, -0.1) is 0 Å². The summed E-state index contributed by atoms with van der Waals surface area (Å²) in [6.45, 7) is 0.338. The van der Waals surface area contributed by atoms with Crippen LogP contribution in [-0.4, -0.2) is 25.5 Å². The van der Waals surface area contributed by atoms with E-state index in [1.54, 1.807) is 23.1 Å². The molecule has 0 aliphatic carbocycles. The number of urea groups is 1. The molecule has 2 aromatic rings. The number of para-hydroxylation sites is 2. The fourth-order valence-electron chi connectivity index (χ4n) is 2.57. The third kappa shape index (κ3) is 2.53. The molecular weight excluding hydrogens is 280 g/mol. The van der Waals surface area contributed by atoms with Gasteiger partial charge in [-0.3, -0.25) is 9.69 Å². The number of ketones is 1. The molecule has 1 N–H and O–H groups in total. The number of hydrogen-bond donors (Lipinski definition) is 1. The van der Waals surface area contributed by atoms with E-state index in [0.29, 0.717) is 35.7 Å². The van der Waals surface area contributed by atoms with Gasteiger partial charge in [-0.2, -0.15) is 0 Å². The van der Waals surface area contributed by atoms with Crippen molar-refractivity contribution in [3.05, 3.63) is 54.1 Å². The van der Waals surface area contributed by atoms with Crippen LogP contribution in [0.25, 0.3) is 0 Å². The third-order valence-corrected chi connectivity index (χ3v) is 3.62. The van der Waals surface area contributed by atoms with Gasteiger partial charge in [0, 0.05) is 24.2 Å². The summed E-state index contributed by atoms with van der Waals surface area (Å²) in [6.07, 6.45) is 0.308. The molecule has 3 rings (SSSR count). The van der Waals surface area contributed by atoms with Gasteiger partial charge in [-0.1, -0.05) is 24.3 Å². The number of rotatable bonds is 2. The Bertz CT molecular complexity index is 713. The quantitative estimate of drug-likeness (QED) is 0.925. The number of nitrogens with zero attached hydrogens (tertiary/aromatic N) is 1. The lowest BCUT2D eigenvalue weighted by Crippen LogP contribution is -2.40. The molecule has 0 bridgehead atoms. The molecule has 0 radical (unpaired) electrons. The first kappa shape index (κ1) is 14.1. The van der Waals surface area contributed by atoms with Gasteiger partial charge in [0.25, 0.3) is 0 Å². The number of ether oxygens (including phenoxy) is 1. The molecule has 0 saturated heterocycles. The predicted octanol–water partition coefficient (Wildman–Crippen LogP) is 3.32. The van der Waals surface area contributed by atoms with Crippen molar-refractivity contribution in [2.75, 3.05) is 23.9 Å². The molecule has 5 nitrogen and oxygen atoms in total. The Morgan fingerprint density at radius 1 is 1.14 bits per heavy atom. The number of hydrogen-bond acceptors (Lipinski definition) is 3. The maximum absolute atomic E-state index is 12.6. The van der Waals surface area contributed by atoms with Crippen molar-refractivity contribution in [3.63, 3.8) is 0 Å². The molecule has 22 heavy (non-hydrogen) atoms. The second kappa shape index (κ2) is 5.89. The molecule has 2 amide bonds. The monoisotopic (exact) mass is 296 g/mol. The maximum atomic E-state index is 12.6. The highest BCUT2D eigenvalue weighted by Crippen LogP contribution is 2.36. The highest BCUT2D eigenvalue weighted by Gasteiger charge is 2.30. The van der Waals surface area contributed by atoms with Crippen LogP contribution in [0.2, 0.25) is 0 Å². The van der Waals surface area contributed by atoms with E-state index in [1.165, 1.54) is 7.11 Å². The summed E-state index contributed by atoms with van der Waals surface area (Å²) < 4.78 is 5.32. The maximum Gasteiger partial charge on any atom is 0.326 e. The zero-order valence-corrected chi connectivity index (χ0v) is 12.2. The van der Waals surface area contributed by atoms with Crippen molar-refractivity contribution in [2.24, 2.45) is 0 Å². The summed E-state index contributed by atoms with van der Waals surface area (Å²) in [5, 5.41) is 2.84. The lowest BCUT2D eigenvalue weighted by Gasteiger charge is -2.30. The summed E-state index contributed by atoms with van der Waals surface area (Å²) in [4.78, 5) is 26.2. The first-order chi connectivity index (χ1) is 10.7. The second-order valence-electron chi connectivity index (χ2n) is 4.98. The number of carbonyl (C=O) groups excluding carboxylic acids is 2. The number of fused-ring (bicyclic) bond motifs is 1. The van der Waals surface area contributed by atoms with Gasteiger partial charge in [0.15, 0.2) is 5.78 Å². The molecule has 1 aliphatic rings. The Kier molecular flexibility index (Phi) is 3.78. The summed E-state index contributed by atoms with van der Waals surface area (Å²) in [6, 6.07) is 14.2. The van der Waals surface area contributed by atoms with Crippen molar-refractivity contribution in [2.45, 2.75) is 6.42 Å². The summed E-state index contributed by atoms with van der Waals surface area (Å²) >= 11 is 0. The number of Topliss-reactive ketones (excluding diaryl/α,β-unsaturated/α-hetero) is 1. The minimum absolute atomic E-state index is 0.0256. The summed E-state index contributed by atoms with van der Waals surface area (Å²) in [7, 11) is 1.53. The molecule has 0 aromatic heterocycles. The van der Waals surface area contributed by atoms with Crippen LogP contribution in [0, 0.1) is 0 Å². The zero-order valence-electron chi connectivity index (χ0n) is 12.2. The van der Waals surface area contributed by atoms with E-state index in [4.69, 9.17) is 4.74 Å². The third-order valence-electron chi connectivity index (χ3n) is 3.62. The Morgan fingerprint density at radius 2 is 1.91 bits per heavy atom. The Labute approximate surface area is 128 Å². The van der Waals surface area contributed by atoms with E-state index in [1.807, 2.05) is 30.3 Å². The lowest BCUT2D eigenvalue weighted by molar-refractivity contribution is 0.0980. The van der Waals surface area contributed by atoms with Crippen LogP contribution in [-0.2, 0) is 0 Å². The number of benzene rings is 2. The standard InChI is InChI=1S/C17H16N2O3/c1-22-15-9-5-8-13-14(20)10-11-19(16(13)15)17(21)18-12-6-3-2-4-7-12/h2-9H,10-11H2,1H3,(H,18,21). The van der Waals surface area contributed by atoms with Crippen LogP contribution < -0.4 is 15.0 Å². The van der Waals surface area contributed by atoms with Gasteiger partial charge in [0.2, 0.25) is 0 Å². The average Bonchev–Trinajstić information content (AvgIpc) is 2.55. The first-order valence-corrected chi connectivity index (χ1v) is 7.04. The number of nitrogens with one attached hydrogen (secondary N) is 1. The molecule has 0 atom stereocenters. The summed E-state index contributed by atoms with van der Waals surface area (Å²) in [5.41, 5.74) is 1.77. The van der Waals surface area contributed by atoms with Gasteiger partial charge in [0.1, 0.15) is 5.75 Å². The van der Waals surface area contributed by atoms with E-state index in [0.717, 1.165) is 0 Å². The molecule has 1 heterocycles. The molecule has 0 spiro atoms. The van der Waals surface area contributed by atoms with Crippen LogP contribution in [0.3, 0.4) is 0 Å². The largest absolute Gasteiger partial charge is 0.495 e. The highest BCUT2D eigenvalue weighted by molar-refractivity contribution is 6.12. The highest BCUT2D eigenvalue weighted by atomic mass is 16.5. The molecule has 112 valence electrons. The van der Waals surface area contributed by atoms with E-state index < -0.39 is 0 Å². The normalized spacial score (nSPS) is 13.5. The fourth-order valence-corrected chi connectivity index (χ4v) is 2.57. The number of carbonyl (C=O) groups is 2. The molecule has 1 aliphatic heterocycles. The van der Waals surface area contributed by atoms with Gasteiger partial charge in [-0.05, 0) is 24.3 Å². The minimum Gasteiger partial charge on any atom is -0.495 e. The molecule has 2 aromatic carbocycles. The molecule has 0 saturated carbocycles. The van der Waals surface area contributed by atoms with E-state index in [2.05, 4.69) is 5.32 Å². The smallest absolute Gasteiger partial charge is 0.326 e. The van der Waals surface area contributed by atoms with Crippen LogP contribution in [0.4, 0.5) is 16.2 Å². The Hall–Kier alpha value is -2.82. The van der Waals surface area contributed by atoms with Crippen molar-refractivity contribution in [1.82, 2.24) is 0 Å². The predicted molar refractivity (Wildman–Crippen MR) is 84.7 cm³/mol. The Balaban J connectivity index is 1.94.